The Labute approximate surface area is 180 Å². The highest BCUT2D eigenvalue weighted by Gasteiger charge is 2.30. The second-order valence-electron chi connectivity index (χ2n) is 6.53. The number of benzene rings is 1. The summed E-state index contributed by atoms with van der Waals surface area (Å²) in [6, 6.07) is 9.80. The fourth-order valence-electron chi connectivity index (χ4n) is 2.86. The quantitative estimate of drug-likeness (QED) is 0.343. The first-order chi connectivity index (χ1) is 14.3. The highest BCUT2D eigenvalue weighted by molar-refractivity contribution is 7.98. The number of ether oxygens (including phenoxy) is 1. The van der Waals surface area contributed by atoms with Gasteiger partial charge in [0.2, 0.25) is 11.7 Å². The lowest BCUT2D eigenvalue weighted by Gasteiger charge is -2.10. The van der Waals surface area contributed by atoms with Crippen LogP contribution in [0, 0.1) is 0 Å². The van der Waals surface area contributed by atoms with Gasteiger partial charge in [0, 0.05) is 17.0 Å². The van der Waals surface area contributed by atoms with Crippen molar-refractivity contribution in [2.45, 2.75) is 36.4 Å². The van der Waals surface area contributed by atoms with Gasteiger partial charge in [-0.15, -0.1) is 10.2 Å². The zero-order valence-electron chi connectivity index (χ0n) is 15.2. The van der Waals surface area contributed by atoms with Gasteiger partial charge in [0.1, 0.15) is 12.4 Å². The van der Waals surface area contributed by atoms with Gasteiger partial charge in [0.15, 0.2) is 11.0 Å². The monoisotopic (exact) mass is 445 g/mol. The predicted octanol–water partition coefficient (Wildman–Crippen LogP) is 5.25. The number of rotatable bonds is 8. The minimum Gasteiger partial charge on any atom is -0.484 e. The van der Waals surface area contributed by atoms with E-state index in [0.717, 1.165) is 29.4 Å². The maximum Gasteiger partial charge on any atom is 0.237 e. The number of hydrogen-bond donors (Lipinski definition) is 0. The minimum atomic E-state index is 0.316. The lowest BCUT2D eigenvalue weighted by Crippen LogP contribution is -2.07. The third-order valence-electron chi connectivity index (χ3n) is 4.41. The Balaban J connectivity index is 1.28. The van der Waals surface area contributed by atoms with E-state index in [1.54, 1.807) is 17.4 Å². The molecule has 0 bridgehead atoms. The zero-order chi connectivity index (χ0) is 19.6. The first-order valence-corrected chi connectivity index (χ1v) is 11.4. The summed E-state index contributed by atoms with van der Waals surface area (Å²) in [7, 11) is 0. The summed E-state index contributed by atoms with van der Waals surface area (Å²) in [5, 5.41) is 18.1. The van der Waals surface area contributed by atoms with Crippen LogP contribution in [0.5, 0.6) is 5.75 Å². The molecule has 0 saturated heterocycles. The number of hydrogen-bond acceptors (Lipinski definition) is 8. The molecule has 1 aliphatic rings. The van der Waals surface area contributed by atoms with Gasteiger partial charge < -0.3 is 9.26 Å². The van der Waals surface area contributed by atoms with Crippen LogP contribution in [0.15, 0.2) is 50.8 Å². The van der Waals surface area contributed by atoms with Gasteiger partial charge in [-0.2, -0.15) is 16.3 Å². The average Bonchev–Trinajstić information content (AvgIpc) is 3.15. The van der Waals surface area contributed by atoms with Crippen LogP contribution in [-0.2, 0) is 12.4 Å². The van der Waals surface area contributed by atoms with Crippen LogP contribution in [0.1, 0.15) is 30.6 Å². The van der Waals surface area contributed by atoms with E-state index >= 15 is 0 Å². The Bertz CT molecular complexity index is 1110. The third-order valence-corrected chi connectivity index (χ3v) is 6.34. The van der Waals surface area contributed by atoms with Gasteiger partial charge in [-0.1, -0.05) is 40.7 Å². The molecule has 148 valence electrons. The van der Waals surface area contributed by atoms with Crippen molar-refractivity contribution >= 4 is 34.7 Å². The summed E-state index contributed by atoms with van der Waals surface area (Å²) >= 11 is 9.32. The SMILES string of the molecule is Clc1ccccc1OCc1nnc(SCc2nc(-c3ccsc3)no2)n1C1CC1. The molecule has 0 radical (unpaired) electrons. The summed E-state index contributed by atoms with van der Waals surface area (Å²) < 4.78 is 13.4. The molecule has 1 aromatic carbocycles. The topological polar surface area (TPSA) is 78.9 Å². The average molecular weight is 446 g/mol. The van der Waals surface area contributed by atoms with E-state index in [-0.39, 0.29) is 0 Å². The van der Waals surface area contributed by atoms with Crippen LogP contribution in [0.3, 0.4) is 0 Å². The molecule has 0 amide bonds. The lowest BCUT2D eigenvalue weighted by atomic mass is 10.3. The third kappa shape index (κ3) is 4.17. The van der Waals surface area contributed by atoms with E-state index in [4.69, 9.17) is 20.9 Å². The molecule has 3 heterocycles. The Morgan fingerprint density at radius 2 is 2.14 bits per heavy atom. The molecule has 5 rings (SSSR count). The van der Waals surface area contributed by atoms with Gasteiger partial charge in [-0.25, -0.2) is 0 Å². The van der Waals surface area contributed by atoms with Crippen molar-refractivity contribution < 1.29 is 9.26 Å². The highest BCUT2D eigenvalue weighted by Crippen LogP contribution is 2.39. The lowest BCUT2D eigenvalue weighted by molar-refractivity contribution is 0.288. The Hall–Kier alpha value is -2.36. The predicted molar refractivity (Wildman–Crippen MR) is 111 cm³/mol. The number of aromatic nitrogens is 5. The zero-order valence-corrected chi connectivity index (χ0v) is 17.6. The van der Waals surface area contributed by atoms with Crippen LogP contribution >= 0.6 is 34.7 Å². The van der Waals surface area contributed by atoms with Crippen molar-refractivity contribution in [2.24, 2.45) is 0 Å². The van der Waals surface area contributed by atoms with Crippen molar-refractivity contribution in [2.75, 3.05) is 0 Å². The number of thioether (sulfide) groups is 1. The summed E-state index contributed by atoms with van der Waals surface area (Å²) in [6.07, 6.45) is 2.24. The molecule has 0 atom stereocenters. The number of nitrogens with zero attached hydrogens (tertiary/aromatic N) is 5. The summed E-state index contributed by atoms with van der Waals surface area (Å²) in [5.74, 6) is 3.14. The van der Waals surface area contributed by atoms with E-state index in [9.17, 15) is 0 Å². The van der Waals surface area contributed by atoms with Crippen molar-refractivity contribution in [1.82, 2.24) is 24.9 Å². The molecule has 1 saturated carbocycles. The molecule has 0 N–H and O–H groups in total. The van der Waals surface area contributed by atoms with Crippen molar-refractivity contribution in [3.8, 4) is 17.1 Å². The van der Waals surface area contributed by atoms with E-state index < -0.39 is 0 Å². The first-order valence-electron chi connectivity index (χ1n) is 9.07. The van der Waals surface area contributed by atoms with Gasteiger partial charge in [-0.3, -0.25) is 4.57 Å². The molecule has 7 nitrogen and oxygen atoms in total. The maximum absolute atomic E-state index is 6.17. The van der Waals surface area contributed by atoms with Crippen molar-refractivity contribution in [3.63, 3.8) is 0 Å². The molecule has 29 heavy (non-hydrogen) atoms. The van der Waals surface area contributed by atoms with E-state index in [1.165, 1.54) is 11.8 Å². The molecule has 3 aromatic heterocycles. The molecule has 1 aliphatic carbocycles. The second kappa shape index (κ2) is 8.17. The van der Waals surface area contributed by atoms with Crippen molar-refractivity contribution in [3.05, 3.63) is 57.8 Å². The Morgan fingerprint density at radius 1 is 1.24 bits per heavy atom. The van der Waals surface area contributed by atoms with Gasteiger partial charge in [0.05, 0.1) is 10.8 Å². The van der Waals surface area contributed by atoms with Crippen LogP contribution in [0.2, 0.25) is 5.02 Å². The van der Waals surface area contributed by atoms with Crippen molar-refractivity contribution in [1.29, 1.82) is 0 Å². The van der Waals surface area contributed by atoms with E-state index in [2.05, 4.69) is 24.9 Å². The molecule has 0 unspecified atom stereocenters. The molecule has 0 aliphatic heterocycles. The minimum absolute atomic E-state index is 0.316. The van der Waals surface area contributed by atoms with Crippen LogP contribution < -0.4 is 4.74 Å². The van der Waals surface area contributed by atoms with E-state index in [1.807, 2.05) is 35.0 Å². The smallest absolute Gasteiger partial charge is 0.237 e. The molecule has 10 heteroatoms. The second-order valence-corrected chi connectivity index (χ2v) is 8.66. The van der Waals surface area contributed by atoms with Gasteiger partial charge >= 0.3 is 0 Å². The molecular weight excluding hydrogens is 430 g/mol. The fraction of sp³-hybridized carbons (Fsp3) is 0.263. The summed E-state index contributed by atoms with van der Waals surface area (Å²) in [4.78, 5) is 4.46. The van der Waals surface area contributed by atoms with Gasteiger partial charge in [0.25, 0.3) is 0 Å². The standard InChI is InChI=1S/C19H16ClN5O2S2/c20-14-3-1-2-4-15(14)26-9-16-22-23-19(25(16)13-5-6-13)29-11-17-21-18(24-27-17)12-7-8-28-10-12/h1-4,7-8,10,13H,5-6,9,11H2. The number of halogens is 1. The maximum atomic E-state index is 6.17. The molecule has 4 aromatic rings. The fourth-order valence-corrected chi connectivity index (χ4v) is 4.54. The number of para-hydroxylation sites is 1. The Kier molecular flexibility index (Phi) is 5.26. The summed E-state index contributed by atoms with van der Waals surface area (Å²) in [6.45, 7) is 0.316. The van der Waals surface area contributed by atoms with Crippen LogP contribution in [0.4, 0.5) is 0 Å². The summed E-state index contributed by atoms with van der Waals surface area (Å²) in [5.41, 5.74) is 0.968. The number of thiophene rings is 1. The molecule has 0 spiro atoms. The van der Waals surface area contributed by atoms with Crippen LogP contribution in [-0.4, -0.2) is 24.9 Å². The highest BCUT2D eigenvalue weighted by atomic mass is 35.5. The largest absolute Gasteiger partial charge is 0.484 e. The molecule has 1 fully saturated rings. The van der Waals surface area contributed by atoms with Crippen LogP contribution in [0.25, 0.3) is 11.4 Å². The normalized spacial score (nSPS) is 13.7. The first kappa shape index (κ1) is 18.7. The molecular formula is C19H16ClN5O2S2. The van der Waals surface area contributed by atoms with E-state index in [0.29, 0.717) is 40.9 Å². The Morgan fingerprint density at radius 3 is 2.93 bits per heavy atom. The van der Waals surface area contributed by atoms with Gasteiger partial charge in [-0.05, 0) is 36.4 Å².